The molecule has 0 amide bonds. The van der Waals surface area contributed by atoms with E-state index in [2.05, 4.69) is 20.3 Å². The minimum Gasteiger partial charge on any atom is -0.497 e. The fraction of sp³-hybridized carbons (Fsp3) is 0.0667. The molecule has 0 fully saturated rings. The largest absolute Gasteiger partial charge is 0.497 e. The number of fused-ring (bicyclic) bond motifs is 1. The molecule has 0 bridgehead atoms. The molecule has 3 heterocycles. The first kappa shape index (κ1) is 12.9. The first-order valence-electron chi connectivity index (χ1n) is 6.62. The monoisotopic (exact) mass is 309 g/mol. The van der Waals surface area contributed by atoms with Gasteiger partial charge in [-0.1, -0.05) is 23.5 Å². The van der Waals surface area contributed by atoms with Crippen molar-refractivity contribution in [2.75, 3.05) is 7.11 Å². The van der Waals surface area contributed by atoms with Crippen LogP contribution >= 0.6 is 11.3 Å². The van der Waals surface area contributed by atoms with E-state index in [1.807, 2.05) is 36.4 Å². The number of nitrogens with zero attached hydrogens (tertiary/aromatic N) is 5. The molecule has 0 aliphatic heterocycles. The van der Waals surface area contributed by atoms with Gasteiger partial charge in [0.15, 0.2) is 5.82 Å². The molecule has 1 aromatic carbocycles. The Morgan fingerprint density at radius 3 is 2.82 bits per heavy atom. The van der Waals surface area contributed by atoms with Crippen LogP contribution in [0.15, 0.2) is 48.8 Å². The van der Waals surface area contributed by atoms with Gasteiger partial charge in [0.05, 0.1) is 7.11 Å². The van der Waals surface area contributed by atoms with Crippen molar-refractivity contribution in [1.82, 2.24) is 24.8 Å². The quantitative estimate of drug-likeness (QED) is 0.582. The number of ether oxygens (including phenoxy) is 1. The zero-order chi connectivity index (χ0) is 14.9. The Morgan fingerprint density at radius 2 is 2.00 bits per heavy atom. The number of methoxy groups -OCH3 is 1. The van der Waals surface area contributed by atoms with Crippen LogP contribution in [0.25, 0.3) is 26.9 Å². The summed E-state index contributed by atoms with van der Waals surface area (Å²) < 4.78 is 7.01. The van der Waals surface area contributed by atoms with Crippen LogP contribution in [-0.4, -0.2) is 31.9 Å². The first-order valence-corrected chi connectivity index (χ1v) is 7.44. The lowest BCUT2D eigenvalue weighted by Gasteiger charge is -2.00. The zero-order valence-corrected chi connectivity index (χ0v) is 12.5. The maximum atomic E-state index is 5.26. The van der Waals surface area contributed by atoms with Crippen LogP contribution in [0.4, 0.5) is 0 Å². The summed E-state index contributed by atoms with van der Waals surface area (Å²) >= 11 is 1.49. The van der Waals surface area contributed by atoms with Gasteiger partial charge in [0.25, 0.3) is 0 Å². The summed E-state index contributed by atoms with van der Waals surface area (Å²) in [5.41, 5.74) is 1.88. The molecule has 22 heavy (non-hydrogen) atoms. The van der Waals surface area contributed by atoms with E-state index in [-0.39, 0.29) is 0 Å². The van der Waals surface area contributed by atoms with Gasteiger partial charge < -0.3 is 4.74 Å². The summed E-state index contributed by atoms with van der Waals surface area (Å²) in [4.78, 5) is 4.86. The van der Waals surface area contributed by atoms with Crippen molar-refractivity contribution < 1.29 is 4.74 Å². The Hall–Kier alpha value is -2.80. The average Bonchev–Trinajstić information content (AvgIpc) is 3.16. The fourth-order valence-electron chi connectivity index (χ4n) is 2.16. The van der Waals surface area contributed by atoms with E-state index in [4.69, 9.17) is 4.74 Å². The summed E-state index contributed by atoms with van der Waals surface area (Å²) in [5.74, 6) is 1.49. The van der Waals surface area contributed by atoms with E-state index in [1.54, 1.807) is 24.0 Å². The molecule has 0 saturated heterocycles. The number of hydrogen-bond acceptors (Lipinski definition) is 6. The molecule has 4 aromatic rings. The van der Waals surface area contributed by atoms with Gasteiger partial charge >= 0.3 is 0 Å². The van der Waals surface area contributed by atoms with E-state index in [0.717, 1.165) is 26.8 Å². The van der Waals surface area contributed by atoms with Crippen LogP contribution in [-0.2, 0) is 0 Å². The summed E-state index contributed by atoms with van der Waals surface area (Å²) in [6, 6.07) is 11.6. The third-order valence-electron chi connectivity index (χ3n) is 3.23. The van der Waals surface area contributed by atoms with E-state index in [9.17, 15) is 0 Å². The first-order chi connectivity index (χ1) is 10.8. The van der Waals surface area contributed by atoms with Gasteiger partial charge in [-0.2, -0.15) is 9.61 Å². The molecule has 7 heteroatoms. The second kappa shape index (κ2) is 5.19. The predicted octanol–water partition coefficient (Wildman–Crippen LogP) is 2.92. The molecule has 0 atom stereocenters. The van der Waals surface area contributed by atoms with Crippen LogP contribution in [0.5, 0.6) is 5.75 Å². The molecule has 0 saturated carbocycles. The average molecular weight is 309 g/mol. The molecule has 0 radical (unpaired) electrons. The Kier molecular flexibility index (Phi) is 3.05. The topological polar surface area (TPSA) is 65.2 Å². The van der Waals surface area contributed by atoms with Crippen LogP contribution in [0.2, 0.25) is 0 Å². The van der Waals surface area contributed by atoms with E-state index >= 15 is 0 Å². The third kappa shape index (κ3) is 2.11. The second-order valence-corrected chi connectivity index (χ2v) is 5.55. The summed E-state index contributed by atoms with van der Waals surface area (Å²) in [6.45, 7) is 0. The Bertz CT molecular complexity index is 931. The summed E-state index contributed by atoms with van der Waals surface area (Å²) in [6.07, 6.45) is 3.48. The second-order valence-electron chi connectivity index (χ2n) is 4.60. The van der Waals surface area contributed by atoms with Crippen molar-refractivity contribution in [3.8, 4) is 27.7 Å². The molecule has 0 N–H and O–H groups in total. The van der Waals surface area contributed by atoms with Gasteiger partial charge in [-0.3, -0.25) is 4.98 Å². The summed E-state index contributed by atoms with van der Waals surface area (Å²) in [5, 5.41) is 13.9. The van der Waals surface area contributed by atoms with Gasteiger partial charge in [0.1, 0.15) is 10.8 Å². The highest BCUT2D eigenvalue weighted by atomic mass is 32.1. The minimum atomic E-state index is 0.688. The van der Waals surface area contributed by atoms with Crippen LogP contribution in [0, 0.1) is 0 Å². The molecule has 0 spiro atoms. The highest BCUT2D eigenvalue weighted by molar-refractivity contribution is 7.19. The van der Waals surface area contributed by atoms with Gasteiger partial charge in [-0.15, -0.1) is 10.2 Å². The number of rotatable bonds is 3. The van der Waals surface area contributed by atoms with Gasteiger partial charge in [0, 0.05) is 23.5 Å². The van der Waals surface area contributed by atoms with Crippen LogP contribution in [0.1, 0.15) is 0 Å². The number of benzene rings is 1. The normalized spacial score (nSPS) is 11.0. The fourth-order valence-corrected chi connectivity index (χ4v) is 3.00. The molecule has 0 unspecified atom stereocenters. The van der Waals surface area contributed by atoms with E-state index in [1.165, 1.54) is 11.3 Å². The van der Waals surface area contributed by atoms with Gasteiger partial charge in [0.2, 0.25) is 4.96 Å². The highest BCUT2D eigenvalue weighted by Gasteiger charge is 2.14. The number of aromatic nitrogens is 5. The smallest absolute Gasteiger partial charge is 0.235 e. The molecule has 0 aliphatic carbocycles. The van der Waals surface area contributed by atoms with Gasteiger partial charge in [-0.25, -0.2) is 0 Å². The highest BCUT2D eigenvalue weighted by Crippen LogP contribution is 2.29. The zero-order valence-electron chi connectivity index (χ0n) is 11.7. The lowest BCUT2D eigenvalue weighted by molar-refractivity contribution is 0.415. The van der Waals surface area contributed by atoms with Crippen molar-refractivity contribution in [1.29, 1.82) is 0 Å². The molecule has 4 rings (SSSR count). The molecular formula is C15H11N5OS. The van der Waals surface area contributed by atoms with Crippen molar-refractivity contribution in [3.05, 3.63) is 48.8 Å². The third-order valence-corrected chi connectivity index (χ3v) is 4.18. The number of hydrogen-bond donors (Lipinski definition) is 0. The Balaban J connectivity index is 1.83. The summed E-state index contributed by atoms with van der Waals surface area (Å²) in [7, 11) is 1.65. The molecular weight excluding hydrogens is 298 g/mol. The van der Waals surface area contributed by atoms with Crippen molar-refractivity contribution in [2.24, 2.45) is 0 Å². The number of pyridine rings is 1. The molecule has 3 aromatic heterocycles. The Morgan fingerprint density at radius 1 is 1.09 bits per heavy atom. The van der Waals surface area contributed by atoms with Crippen molar-refractivity contribution in [2.45, 2.75) is 0 Å². The maximum absolute atomic E-state index is 5.26. The van der Waals surface area contributed by atoms with Crippen molar-refractivity contribution in [3.63, 3.8) is 0 Å². The standard InChI is InChI=1S/C15H11N5OS/c1-21-12-6-2-4-10(8-12)14-19-20-13(17-18-15(20)22-14)11-5-3-7-16-9-11/h2-9H,1H3. The molecule has 108 valence electrons. The maximum Gasteiger partial charge on any atom is 0.235 e. The van der Waals surface area contributed by atoms with Crippen LogP contribution in [0.3, 0.4) is 0 Å². The molecule has 0 aliphatic rings. The lowest BCUT2D eigenvalue weighted by Crippen LogP contribution is -1.91. The van der Waals surface area contributed by atoms with E-state index < -0.39 is 0 Å². The Labute approximate surface area is 130 Å². The van der Waals surface area contributed by atoms with E-state index in [0.29, 0.717) is 5.82 Å². The molecule has 6 nitrogen and oxygen atoms in total. The van der Waals surface area contributed by atoms with Crippen molar-refractivity contribution >= 4 is 16.3 Å². The SMILES string of the molecule is COc1cccc(-c2nn3c(-c4cccnc4)nnc3s2)c1. The minimum absolute atomic E-state index is 0.688. The predicted molar refractivity (Wildman–Crippen MR) is 83.9 cm³/mol. The van der Waals surface area contributed by atoms with Crippen LogP contribution < -0.4 is 4.74 Å². The lowest BCUT2D eigenvalue weighted by atomic mass is 10.2. The van der Waals surface area contributed by atoms with Gasteiger partial charge in [-0.05, 0) is 24.3 Å².